The molecule has 2 aromatic heterocycles. The van der Waals surface area contributed by atoms with E-state index in [2.05, 4.69) is 35.4 Å². The first-order chi connectivity index (χ1) is 14.5. The van der Waals surface area contributed by atoms with Crippen LogP contribution >= 0.6 is 0 Å². The van der Waals surface area contributed by atoms with Gasteiger partial charge in [0.05, 0.1) is 18.0 Å². The van der Waals surface area contributed by atoms with Crippen LogP contribution < -0.4 is 10.3 Å². The third kappa shape index (κ3) is 7.87. The van der Waals surface area contributed by atoms with E-state index in [1.165, 1.54) is 6.42 Å². The van der Waals surface area contributed by atoms with Gasteiger partial charge in [0.25, 0.3) is 5.56 Å². The molecule has 0 aliphatic rings. The number of rotatable bonds is 4. The molecule has 158 valence electrons. The van der Waals surface area contributed by atoms with Crippen LogP contribution in [0.1, 0.15) is 38.6 Å². The van der Waals surface area contributed by atoms with E-state index in [0.717, 1.165) is 11.1 Å². The van der Waals surface area contributed by atoms with Gasteiger partial charge in [0.2, 0.25) is 5.88 Å². The number of methoxy groups -OCH3 is 1. The maximum absolute atomic E-state index is 11.9. The van der Waals surface area contributed by atoms with Crippen LogP contribution in [0.3, 0.4) is 0 Å². The van der Waals surface area contributed by atoms with E-state index in [0.29, 0.717) is 22.6 Å². The fourth-order valence-electron chi connectivity index (χ4n) is 2.24. The summed E-state index contributed by atoms with van der Waals surface area (Å²) in [5, 5.41) is 0.593. The normalized spacial score (nSPS) is 10.6. The number of aryl methyl sites for hydroxylation is 1. The number of allylic oxidation sites excluding steroid dienone is 5. The van der Waals surface area contributed by atoms with E-state index < -0.39 is 0 Å². The molecule has 0 aliphatic carbocycles. The molecule has 0 saturated heterocycles. The molecule has 0 atom stereocenters. The van der Waals surface area contributed by atoms with Crippen molar-refractivity contribution in [2.75, 3.05) is 7.11 Å². The second-order valence-corrected chi connectivity index (χ2v) is 6.37. The third-order valence-electron chi connectivity index (χ3n) is 3.67. The number of ether oxygens (including phenoxy) is 1. The Kier molecular flexibility index (Phi) is 11.2. The van der Waals surface area contributed by atoms with Crippen molar-refractivity contribution in [2.45, 2.75) is 34.1 Å². The fraction of sp³-hybridized carbons (Fsp3) is 0.240. The molecule has 0 amide bonds. The molecule has 30 heavy (non-hydrogen) atoms. The van der Waals surface area contributed by atoms with Gasteiger partial charge in [0.1, 0.15) is 5.82 Å². The van der Waals surface area contributed by atoms with Gasteiger partial charge >= 0.3 is 0 Å². The Morgan fingerprint density at radius 2 is 1.90 bits per heavy atom. The second kappa shape index (κ2) is 13.7. The van der Waals surface area contributed by atoms with Crippen LogP contribution in [-0.2, 0) is 0 Å². The molecule has 1 N–H and O–H groups in total. The van der Waals surface area contributed by atoms with Crippen LogP contribution in [-0.4, -0.2) is 22.1 Å². The first-order valence-electron chi connectivity index (χ1n) is 9.92. The molecule has 0 aliphatic heterocycles. The molecule has 0 unspecified atom stereocenters. The summed E-state index contributed by atoms with van der Waals surface area (Å²) < 4.78 is 4.86. The van der Waals surface area contributed by atoms with E-state index in [4.69, 9.17) is 4.74 Å². The summed E-state index contributed by atoms with van der Waals surface area (Å²) in [5.74, 6) is 1.20. The number of fused-ring (bicyclic) bond motifs is 1. The lowest BCUT2D eigenvalue weighted by Gasteiger charge is -2.02. The van der Waals surface area contributed by atoms with Gasteiger partial charge < -0.3 is 9.72 Å². The Labute approximate surface area is 178 Å². The maximum Gasteiger partial charge on any atom is 0.259 e. The van der Waals surface area contributed by atoms with Gasteiger partial charge in [-0.05, 0) is 31.5 Å². The first kappa shape index (κ1) is 24.6. The van der Waals surface area contributed by atoms with Crippen molar-refractivity contribution in [2.24, 2.45) is 0 Å². The number of nitrogens with one attached hydrogen (secondary N) is 1. The van der Waals surface area contributed by atoms with Gasteiger partial charge in [0.15, 0.2) is 0 Å². The summed E-state index contributed by atoms with van der Waals surface area (Å²) in [6.07, 6.45) is 10.3. The molecule has 5 nitrogen and oxygen atoms in total. The van der Waals surface area contributed by atoms with Crippen LogP contribution in [0.25, 0.3) is 16.5 Å². The second-order valence-electron chi connectivity index (χ2n) is 6.37. The van der Waals surface area contributed by atoms with Gasteiger partial charge in [-0.15, -0.1) is 0 Å². The lowest BCUT2D eigenvalue weighted by Crippen LogP contribution is -2.10. The van der Waals surface area contributed by atoms with Crippen molar-refractivity contribution >= 4 is 16.5 Å². The van der Waals surface area contributed by atoms with Crippen molar-refractivity contribution in [3.63, 3.8) is 0 Å². The summed E-state index contributed by atoms with van der Waals surface area (Å²) in [6, 6.07) is 11.1. The number of hydrogen-bond acceptors (Lipinski definition) is 4. The molecule has 0 saturated carbocycles. The smallest absolute Gasteiger partial charge is 0.259 e. The molecule has 5 heteroatoms. The Balaban J connectivity index is 0.000000313. The van der Waals surface area contributed by atoms with E-state index >= 15 is 0 Å². The zero-order valence-corrected chi connectivity index (χ0v) is 18.5. The summed E-state index contributed by atoms with van der Waals surface area (Å²) in [7, 11) is 1.61. The molecule has 0 fully saturated rings. The maximum atomic E-state index is 11.9. The van der Waals surface area contributed by atoms with Crippen molar-refractivity contribution in [1.29, 1.82) is 0 Å². The Bertz CT molecular complexity index is 1030. The van der Waals surface area contributed by atoms with Crippen LogP contribution in [0, 0.1) is 6.92 Å². The first-order valence-corrected chi connectivity index (χ1v) is 9.92. The lowest BCUT2D eigenvalue weighted by atomic mass is 10.2. The third-order valence-corrected chi connectivity index (χ3v) is 3.67. The molecule has 3 rings (SSSR count). The Morgan fingerprint density at radius 3 is 2.47 bits per heavy atom. The largest absolute Gasteiger partial charge is 0.481 e. The number of benzene rings is 1. The van der Waals surface area contributed by atoms with Crippen LogP contribution in [0.2, 0.25) is 0 Å². The number of hydrogen-bond donors (Lipinski definition) is 1. The number of aromatic nitrogens is 3. The predicted octanol–water partition coefficient (Wildman–Crippen LogP) is 5.88. The van der Waals surface area contributed by atoms with Gasteiger partial charge in [-0.3, -0.25) is 4.79 Å². The highest BCUT2D eigenvalue weighted by molar-refractivity contribution is 5.80. The zero-order chi connectivity index (χ0) is 22.4. The minimum atomic E-state index is -0.135. The highest BCUT2D eigenvalue weighted by Gasteiger charge is 2.04. The van der Waals surface area contributed by atoms with Gasteiger partial charge in [-0.25, -0.2) is 9.97 Å². The monoisotopic (exact) mass is 405 g/mol. The quantitative estimate of drug-likeness (QED) is 0.550. The van der Waals surface area contributed by atoms with Crippen LogP contribution in [0.5, 0.6) is 5.88 Å². The lowest BCUT2D eigenvalue weighted by molar-refractivity contribution is 0.397. The topological polar surface area (TPSA) is 67.9 Å². The number of para-hydroxylation sites is 1. The Morgan fingerprint density at radius 1 is 1.20 bits per heavy atom. The molecule has 0 spiro atoms. The number of H-pyrrole nitrogens is 1. The summed E-state index contributed by atoms with van der Waals surface area (Å²) >= 11 is 0. The van der Waals surface area contributed by atoms with Crippen molar-refractivity contribution < 1.29 is 4.74 Å². The van der Waals surface area contributed by atoms with Gasteiger partial charge in [-0.1, -0.05) is 69.4 Å². The van der Waals surface area contributed by atoms with Gasteiger partial charge in [-0.2, -0.15) is 0 Å². The van der Waals surface area contributed by atoms with E-state index in [9.17, 15) is 4.79 Å². The Hall–Kier alpha value is -3.47. The molecular weight excluding hydrogens is 374 g/mol. The summed E-state index contributed by atoms with van der Waals surface area (Å²) in [6.45, 7) is 11.9. The average molecular weight is 406 g/mol. The van der Waals surface area contributed by atoms with Crippen molar-refractivity contribution in [1.82, 2.24) is 15.0 Å². The minimum Gasteiger partial charge on any atom is -0.481 e. The van der Waals surface area contributed by atoms with Crippen LogP contribution in [0.4, 0.5) is 0 Å². The molecule has 0 radical (unpaired) electrons. The molecular formula is C25H31N3O2. The number of nitrogens with zero attached hydrogens (tertiary/aromatic N) is 2. The van der Waals surface area contributed by atoms with Crippen molar-refractivity contribution in [3.8, 4) is 5.88 Å². The highest BCUT2D eigenvalue weighted by atomic mass is 16.5. The van der Waals surface area contributed by atoms with Gasteiger partial charge in [0, 0.05) is 17.8 Å². The van der Waals surface area contributed by atoms with Crippen LogP contribution in [0.15, 0.2) is 78.3 Å². The fourth-order valence-corrected chi connectivity index (χ4v) is 2.24. The molecule has 1 aromatic carbocycles. The molecule has 0 bridgehead atoms. The summed E-state index contributed by atoms with van der Waals surface area (Å²) in [4.78, 5) is 23.1. The van der Waals surface area contributed by atoms with E-state index in [1.807, 2.05) is 62.4 Å². The zero-order valence-electron chi connectivity index (χ0n) is 18.5. The SMILES string of the molecule is C=C/C(=C\C=C/C)c1nc2ccccc2c(=O)[nH]1.CCC.COc1ccc(C)cn1. The molecule has 2 heterocycles. The highest BCUT2D eigenvalue weighted by Crippen LogP contribution is 2.13. The molecule has 3 aromatic rings. The van der Waals surface area contributed by atoms with Crippen molar-refractivity contribution in [3.05, 3.63) is 95.2 Å². The number of pyridine rings is 1. The van der Waals surface area contributed by atoms with E-state index in [1.54, 1.807) is 25.4 Å². The summed E-state index contributed by atoms with van der Waals surface area (Å²) in [5.41, 5.74) is 2.49. The minimum absolute atomic E-state index is 0.135. The average Bonchev–Trinajstić information content (AvgIpc) is 2.76. The predicted molar refractivity (Wildman–Crippen MR) is 127 cm³/mol. The number of aromatic amines is 1. The standard InChI is InChI=1S/C15H14N2O.C7H9NO.C3H8/c1-3-5-8-11(4-2)14-16-13-10-7-6-9-12(13)15(18)17-14;1-6-3-4-7(9-2)8-5-6;1-3-2/h3-10H,2H2,1H3,(H,16,17,18);3-5H,1-2H3;3H2,1-2H3/b5-3-,11-8+;;. The van der Waals surface area contributed by atoms with E-state index in [-0.39, 0.29) is 5.56 Å².